The van der Waals surface area contributed by atoms with E-state index in [1.807, 2.05) is 0 Å². The van der Waals surface area contributed by atoms with Gasteiger partial charge in [0.15, 0.2) is 0 Å². The van der Waals surface area contributed by atoms with Gasteiger partial charge in [0, 0.05) is 18.5 Å². The monoisotopic (exact) mass is 315 g/mol. The Labute approximate surface area is 110 Å². The fraction of sp³-hybridized carbons (Fsp3) is 1.00. The second kappa shape index (κ2) is 4.90. The smallest absolute Gasteiger partial charge is 0.367 e. The molecule has 0 bridgehead atoms. The molecule has 1 aliphatic carbocycles. The van der Waals surface area contributed by atoms with Crippen LogP contribution in [0.3, 0.4) is 0 Å². The number of fused-ring (bicyclic) bond motifs is 1. The fourth-order valence-electron chi connectivity index (χ4n) is 3.35. The van der Waals surface area contributed by atoms with Crippen molar-refractivity contribution in [3.8, 4) is 0 Å². The third-order valence-corrected chi connectivity index (χ3v) is 8.23. The maximum Gasteiger partial charge on any atom is 0.369 e. The number of hydrogen-bond donors (Lipinski definition) is 6. The van der Waals surface area contributed by atoms with E-state index in [4.69, 9.17) is 0 Å². The maximum atomic E-state index is 11.5. The molecule has 2 rings (SSSR count). The number of nitrogens with one attached hydrogen (secondary N) is 1. The summed E-state index contributed by atoms with van der Waals surface area (Å²) in [5.41, 5.74) is 0. The van der Waals surface area contributed by atoms with Crippen LogP contribution >= 0.6 is 15.2 Å². The summed E-state index contributed by atoms with van der Waals surface area (Å²) in [6.07, 6.45) is 3.19. The largest absolute Gasteiger partial charge is 0.369 e. The first-order valence-electron chi connectivity index (χ1n) is 6.16. The molecule has 112 valence electrons. The van der Waals surface area contributed by atoms with Crippen molar-refractivity contribution in [3.63, 3.8) is 0 Å². The summed E-state index contributed by atoms with van der Waals surface area (Å²) >= 11 is 0. The normalized spacial score (nSPS) is 33.2. The van der Waals surface area contributed by atoms with Crippen LogP contribution in [0.15, 0.2) is 0 Å². The lowest BCUT2D eigenvalue weighted by molar-refractivity contribution is 0.0578. The Morgan fingerprint density at radius 1 is 1.00 bits per heavy atom. The predicted octanol–water partition coefficient (Wildman–Crippen LogP) is -0.234. The highest BCUT2D eigenvalue weighted by molar-refractivity contribution is 7.72. The highest BCUT2D eigenvalue weighted by atomic mass is 31.2. The van der Waals surface area contributed by atoms with Crippen LogP contribution in [0.2, 0.25) is 0 Å². The minimum atomic E-state index is -5.37. The standard InChI is InChI=1S/C9H19NO7P2/c11-9(18(12,13)14,19(15,16)17)7-5-10-8-4-2-1-3-6(7)8/h6-8,10-11H,1-5H2,(H2,12,13,14)(H2,15,16,17). The van der Waals surface area contributed by atoms with Crippen molar-refractivity contribution < 1.29 is 33.8 Å². The van der Waals surface area contributed by atoms with Gasteiger partial charge in [-0.2, -0.15) is 0 Å². The predicted molar refractivity (Wildman–Crippen MR) is 66.3 cm³/mol. The average molecular weight is 315 g/mol. The zero-order valence-electron chi connectivity index (χ0n) is 10.2. The Morgan fingerprint density at radius 2 is 1.53 bits per heavy atom. The summed E-state index contributed by atoms with van der Waals surface area (Å²) in [4.78, 5) is 37.1. The molecule has 0 spiro atoms. The molecule has 1 saturated carbocycles. The van der Waals surface area contributed by atoms with Crippen LogP contribution in [0, 0.1) is 11.8 Å². The number of rotatable bonds is 3. The average Bonchev–Trinajstić information content (AvgIpc) is 2.68. The molecule has 0 aromatic rings. The molecule has 0 amide bonds. The fourth-order valence-corrected chi connectivity index (χ4v) is 6.14. The molecule has 8 nitrogen and oxygen atoms in total. The first-order chi connectivity index (χ1) is 8.59. The van der Waals surface area contributed by atoms with Gasteiger partial charge in [0.2, 0.25) is 0 Å². The number of aliphatic hydroxyl groups is 1. The van der Waals surface area contributed by atoms with Gasteiger partial charge in [0.05, 0.1) is 0 Å². The van der Waals surface area contributed by atoms with Crippen molar-refractivity contribution in [2.75, 3.05) is 6.54 Å². The molecule has 0 aromatic carbocycles. The van der Waals surface area contributed by atoms with Crippen molar-refractivity contribution in [3.05, 3.63) is 0 Å². The minimum absolute atomic E-state index is 0.00204. The molecule has 3 atom stereocenters. The molecule has 0 radical (unpaired) electrons. The van der Waals surface area contributed by atoms with Gasteiger partial charge < -0.3 is 30.0 Å². The molecule has 1 heterocycles. The van der Waals surface area contributed by atoms with Gasteiger partial charge in [-0.1, -0.05) is 12.8 Å². The lowest BCUT2D eigenvalue weighted by Gasteiger charge is -2.38. The summed E-state index contributed by atoms with van der Waals surface area (Å²) < 4.78 is 23.0. The molecule has 2 fully saturated rings. The highest BCUT2D eigenvalue weighted by Crippen LogP contribution is 2.72. The second-order valence-electron chi connectivity index (χ2n) is 5.34. The first kappa shape index (κ1) is 15.6. The summed E-state index contributed by atoms with van der Waals surface area (Å²) in [7, 11) is -10.7. The van der Waals surface area contributed by atoms with E-state index in [2.05, 4.69) is 5.32 Å². The van der Waals surface area contributed by atoms with Crippen LogP contribution in [0.5, 0.6) is 0 Å². The topological polar surface area (TPSA) is 147 Å². The van der Waals surface area contributed by atoms with Gasteiger partial charge in [-0.05, 0) is 18.8 Å². The molecule has 0 aromatic heterocycles. The first-order valence-corrected chi connectivity index (χ1v) is 9.38. The molecular weight excluding hydrogens is 296 g/mol. The number of hydrogen-bond acceptors (Lipinski definition) is 4. The Bertz CT molecular complexity index is 422. The summed E-state index contributed by atoms with van der Waals surface area (Å²) in [6.45, 7) is 0.00204. The summed E-state index contributed by atoms with van der Waals surface area (Å²) in [5, 5.41) is 9.88. The molecule has 1 aliphatic heterocycles. The lowest BCUT2D eigenvalue weighted by atomic mass is 9.80. The molecule has 6 N–H and O–H groups in total. The van der Waals surface area contributed by atoms with Gasteiger partial charge in [-0.3, -0.25) is 9.13 Å². The van der Waals surface area contributed by atoms with E-state index < -0.39 is 26.2 Å². The van der Waals surface area contributed by atoms with Gasteiger partial charge in [-0.25, -0.2) is 0 Å². The zero-order valence-corrected chi connectivity index (χ0v) is 12.0. The molecule has 2 aliphatic rings. The van der Waals surface area contributed by atoms with Crippen molar-refractivity contribution in [2.45, 2.75) is 36.8 Å². The summed E-state index contributed by atoms with van der Waals surface area (Å²) in [6, 6.07) is -0.0385. The summed E-state index contributed by atoms with van der Waals surface area (Å²) in [5.74, 6) is -1.46. The third-order valence-electron chi connectivity index (χ3n) is 4.29. The molecule has 3 unspecified atom stereocenters. The second-order valence-corrected chi connectivity index (χ2v) is 9.24. The van der Waals surface area contributed by atoms with Crippen LogP contribution in [0.4, 0.5) is 0 Å². The molecule has 10 heteroatoms. The van der Waals surface area contributed by atoms with Crippen molar-refractivity contribution >= 4 is 15.2 Å². The van der Waals surface area contributed by atoms with Crippen molar-refractivity contribution in [1.29, 1.82) is 0 Å². The Morgan fingerprint density at radius 3 is 2.05 bits per heavy atom. The van der Waals surface area contributed by atoms with E-state index in [0.29, 0.717) is 6.42 Å². The van der Waals surface area contributed by atoms with Crippen LogP contribution in [0.1, 0.15) is 25.7 Å². The molecule has 1 saturated heterocycles. The van der Waals surface area contributed by atoms with Crippen LogP contribution < -0.4 is 5.32 Å². The van der Waals surface area contributed by atoms with E-state index in [1.54, 1.807) is 0 Å². The van der Waals surface area contributed by atoms with Crippen LogP contribution in [-0.2, 0) is 9.13 Å². The van der Waals surface area contributed by atoms with Gasteiger partial charge in [0.1, 0.15) is 0 Å². The van der Waals surface area contributed by atoms with Crippen molar-refractivity contribution in [1.82, 2.24) is 5.32 Å². The van der Waals surface area contributed by atoms with Gasteiger partial charge in [-0.15, -0.1) is 0 Å². The Kier molecular flexibility index (Phi) is 4.02. The molecular formula is C9H19NO7P2. The van der Waals surface area contributed by atoms with E-state index in [9.17, 15) is 33.8 Å². The third kappa shape index (κ3) is 2.45. The van der Waals surface area contributed by atoms with E-state index >= 15 is 0 Å². The van der Waals surface area contributed by atoms with Crippen LogP contribution in [0.25, 0.3) is 0 Å². The quantitative estimate of drug-likeness (QED) is 0.391. The van der Waals surface area contributed by atoms with Crippen molar-refractivity contribution in [2.24, 2.45) is 11.8 Å². The SMILES string of the molecule is O=P(O)(O)C(O)(C1CNC2CCCCC21)P(=O)(O)O. The lowest BCUT2D eigenvalue weighted by Crippen LogP contribution is -2.42. The highest BCUT2D eigenvalue weighted by Gasteiger charge is 2.67. The van der Waals surface area contributed by atoms with Gasteiger partial charge in [0.25, 0.3) is 5.08 Å². The van der Waals surface area contributed by atoms with E-state index in [0.717, 1.165) is 19.3 Å². The van der Waals surface area contributed by atoms with Gasteiger partial charge >= 0.3 is 15.2 Å². The zero-order chi connectivity index (χ0) is 14.5. The molecule has 19 heavy (non-hydrogen) atoms. The minimum Gasteiger partial charge on any atom is -0.367 e. The van der Waals surface area contributed by atoms with Crippen LogP contribution in [-0.4, -0.2) is 42.3 Å². The Hall–Kier alpha value is 0.220. The Balaban J connectivity index is 2.41. The van der Waals surface area contributed by atoms with E-state index in [1.165, 1.54) is 0 Å². The maximum absolute atomic E-state index is 11.5. The van der Waals surface area contributed by atoms with E-state index in [-0.39, 0.29) is 18.5 Å².